The summed E-state index contributed by atoms with van der Waals surface area (Å²) in [5.74, 6) is 0.351. The summed E-state index contributed by atoms with van der Waals surface area (Å²) in [5, 5.41) is 0.636. The zero-order valence-electron chi connectivity index (χ0n) is 10.7. The molecule has 0 aliphatic rings. The molecule has 0 spiro atoms. The molecular formula is C14H20ClO2P. The predicted octanol–water partition coefficient (Wildman–Crippen LogP) is 4.46. The molecule has 0 saturated heterocycles. The highest BCUT2D eigenvalue weighted by Gasteiger charge is 2.14. The quantitative estimate of drug-likeness (QED) is 0.320. The minimum absolute atomic E-state index is 0.127. The van der Waals surface area contributed by atoms with Crippen molar-refractivity contribution >= 4 is 26.8 Å². The van der Waals surface area contributed by atoms with Gasteiger partial charge in [-0.1, -0.05) is 44.2 Å². The van der Waals surface area contributed by atoms with Crippen molar-refractivity contribution in [3.8, 4) is 5.75 Å². The lowest BCUT2D eigenvalue weighted by molar-refractivity contribution is -0.133. The van der Waals surface area contributed by atoms with Crippen molar-refractivity contribution in [1.82, 2.24) is 0 Å². The molecular weight excluding hydrogens is 267 g/mol. The number of hydrogen-bond donors (Lipinski definition) is 0. The first-order valence-corrected chi connectivity index (χ1v) is 7.40. The number of carbonyl (C=O) groups is 1. The molecule has 0 aliphatic heterocycles. The standard InChI is InChI=1S/C14H20ClO2P/c1-2-3-4-5-6-13(18)14(16)17-12-9-7-11(15)8-10-12/h7-10,13H,2-6,18H2,1H3. The van der Waals surface area contributed by atoms with Crippen LogP contribution in [0.4, 0.5) is 0 Å². The van der Waals surface area contributed by atoms with Gasteiger partial charge in [-0.2, -0.15) is 0 Å². The average molecular weight is 287 g/mol. The number of benzene rings is 1. The van der Waals surface area contributed by atoms with Crippen LogP contribution >= 0.6 is 20.8 Å². The Kier molecular flexibility index (Phi) is 7.31. The summed E-state index contributed by atoms with van der Waals surface area (Å²) in [6, 6.07) is 6.83. The van der Waals surface area contributed by atoms with Gasteiger partial charge in [0.05, 0.1) is 5.66 Å². The lowest BCUT2D eigenvalue weighted by Crippen LogP contribution is -2.20. The third-order valence-corrected chi connectivity index (χ3v) is 3.56. The number of halogens is 1. The normalized spacial score (nSPS) is 12.2. The Morgan fingerprint density at radius 3 is 2.56 bits per heavy atom. The Balaban J connectivity index is 2.33. The summed E-state index contributed by atoms with van der Waals surface area (Å²) >= 11 is 5.76. The van der Waals surface area contributed by atoms with Crippen LogP contribution in [0.5, 0.6) is 5.75 Å². The monoisotopic (exact) mass is 286 g/mol. The maximum atomic E-state index is 11.8. The summed E-state index contributed by atoms with van der Waals surface area (Å²) in [5.41, 5.74) is -0.127. The summed E-state index contributed by atoms with van der Waals surface area (Å²) in [6.45, 7) is 2.17. The van der Waals surface area contributed by atoms with Crippen molar-refractivity contribution in [3.63, 3.8) is 0 Å². The van der Waals surface area contributed by atoms with Crippen molar-refractivity contribution < 1.29 is 9.53 Å². The van der Waals surface area contributed by atoms with Gasteiger partial charge in [0.2, 0.25) is 0 Å². The van der Waals surface area contributed by atoms with Gasteiger partial charge in [0.25, 0.3) is 0 Å². The van der Waals surface area contributed by atoms with E-state index in [1.54, 1.807) is 24.3 Å². The highest BCUT2D eigenvalue weighted by molar-refractivity contribution is 7.19. The van der Waals surface area contributed by atoms with E-state index in [1.807, 2.05) is 0 Å². The van der Waals surface area contributed by atoms with E-state index in [-0.39, 0.29) is 11.6 Å². The van der Waals surface area contributed by atoms with Gasteiger partial charge in [-0.25, -0.2) is 0 Å². The zero-order chi connectivity index (χ0) is 13.4. The Bertz CT molecular complexity index is 365. The van der Waals surface area contributed by atoms with Crippen molar-refractivity contribution in [2.75, 3.05) is 0 Å². The first-order chi connectivity index (χ1) is 8.63. The van der Waals surface area contributed by atoms with Crippen LogP contribution in [0.3, 0.4) is 0 Å². The Labute approximate surface area is 116 Å². The number of ether oxygens (including phenoxy) is 1. The molecule has 0 radical (unpaired) electrons. The molecule has 0 aromatic heterocycles. The van der Waals surface area contributed by atoms with E-state index < -0.39 is 0 Å². The van der Waals surface area contributed by atoms with Gasteiger partial charge in [-0.05, 0) is 30.7 Å². The maximum Gasteiger partial charge on any atom is 0.318 e. The van der Waals surface area contributed by atoms with E-state index in [1.165, 1.54) is 19.3 Å². The number of esters is 1. The van der Waals surface area contributed by atoms with Crippen molar-refractivity contribution in [2.24, 2.45) is 0 Å². The molecule has 0 bridgehead atoms. The van der Waals surface area contributed by atoms with E-state index in [4.69, 9.17) is 16.3 Å². The van der Waals surface area contributed by atoms with Crippen LogP contribution in [0.25, 0.3) is 0 Å². The Hall–Kier alpha value is -0.590. The van der Waals surface area contributed by atoms with E-state index in [0.717, 1.165) is 12.8 Å². The average Bonchev–Trinajstić information content (AvgIpc) is 2.37. The molecule has 0 amide bonds. The van der Waals surface area contributed by atoms with E-state index in [0.29, 0.717) is 10.8 Å². The fourth-order valence-corrected chi connectivity index (χ4v) is 2.03. The molecule has 1 aromatic rings. The van der Waals surface area contributed by atoms with Gasteiger partial charge in [-0.3, -0.25) is 4.79 Å². The number of hydrogen-bond acceptors (Lipinski definition) is 2. The smallest absolute Gasteiger partial charge is 0.318 e. The highest BCUT2D eigenvalue weighted by atomic mass is 35.5. The molecule has 0 heterocycles. The SMILES string of the molecule is CCCCCCC(P)C(=O)Oc1ccc(Cl)cc1. The van der Waals surface area contributed by atoms with Crippen LogP contribution in [-0.2, 0) is 4.79 Å². The van der Waals surface area contributed by atoms with Gasteiger partial charge in [-0.15, -0.1) is 9.24 Å². The first-order valence-electron chi connectivity index (χ1n) is 6.36. The van der Waals surface area contributed by atoms with Crippen LogP contribution in [0.1, 0.15) is 39.0 Å². The molecule has 4 heteroatoms. The number of rotatable bonds is 7. The molecule has 0 saturated carbocycles. The second-order valence-corrected chi connectivity index (χ2v) is 5.57. The van der Waals surface area contributed by atoms with Crippen LogP contribution in [0.2, 0.25) is 5.02 Å². The van der Waals surface area contributed by atoms with Gasteiger partial charge in [0.1, 0.15) is 5.75 Å². The van der Waals surface area contributed by atoms with E-state index in [9.17, 15) is 4.79 Å². The van der Waals surface area contributed by atoms with E-state index in [2.05, 4.69) is 16.2 Å². The fourth-order valence-electron chi connectivity index (χ4n) is 1.60. The largest absolute Gasteiger partial charge is 0.426 e. The summed E-state index contributed by atoms with van der Waals surface area (Å²) in [6.07, 6.45) is 5.53. The van der Waals surface area contributed by atoms with Crippen LogP contribution in [0, 0.1) is 0 Å². The summed E-state index contributed by atoms with van der Waals surface area (Å²) in [4.78, 5) is 11.8. The topological polar surface area (TPSA) is 26.3 Å². The van der Waals surface area contributed by atoms with Gasteiger partial charge in [0, 0.05) is 5.02 Å². The lowest BCUT2D eigenvalue weighted by atomic mass is 10.1. The molecule has 1 aromatic carbocycles. The van der Waals surface area contributed by atoms with Crippen molar-refractivity contribution in [1.29, 1.82) is 0 Å². The molecule has 2 atom stereocenters. The third-order valence-electron chi connectivity index (χ3n) is 2.70. The lowest BCUT2D eigenvalue weighted by Gasteiger charge is -2.10. The summed E-state index contributed by atoms with van der Waals surface area (Å²) < 4.78 is 5.27. The van der Waals surface area contributed by atoms with Crippen molar-refractivity contribution in [2.45, 2.75) is 44.7 Å². The second-order valence-electron chi connectivity index (χ2n) is 4.33. The first kappa shape index (κ1) is 15.5. The van der Waals surface area contributed by atoms with Crippen molar-refractivity contribution in [3.05, 3.63) is 29.3 Å². The zero-order valence-corrected chi connectivity index (χ0v) is 12.6. The highest BCUT2D eigenvalue weighted by Crippen LogP contribution is 2.19. The fraction of sp³-hybridized carbons (Fsp3) is 0.500. The molecule has 0 N–H and O–H groups in total. The van der Waals surface area contributed by atoms with E-state index >= 15 is 0 Å². The van der Waals surface area contributed by atoms with Crippen LogP contribution in [-0.4, -0.2) is 11.6 Å². The Morgan fingerprint density at radius 1 is 1.28 bits per heavy atom. The minimum atomic E-state index is -0.196. The minimum Gasteiger partial charge on any atom is -0.426 e. The maximum absolute atomic E-state index is 11.8. The Morgan fingerprint density at radius 2 is 1.94 bits per heavy atom. The third kappa shape index (κ3) is 5.84. The van der Waals surface area contributed by atoms with Gasteiger partial charge in [0.15, 0.2) is 0 Å². The van der Waals surface area contributed by atoms with Crippen LogP contribution < -0.4 is 4.74 Å². The van der Waals surface area contributed by atoms with Gasteiger partial charge >= 0.3 is 5.97 Å². The molecule has 0 fully saturated rings. The predicted molar refractivity (Wildman–Crippen MR) is 79.3 cm³/mol. The molecule has 1 rings (SSSR count). The second kappa shape index (κ2) is 8.50. The number of unbranched alkanes of at least 4 members (excludes halogenated alkanes) is 3. The number of carbonyl (C=O) groups excluding carboxylic acids is 1. The van der Waals surface area contributed by atoms with Crippen LogP contribution in [0.15, 0.2) is 24.3 Å². The van der Waals surface area contributed by atoms with Gasteiger partial charge < -0.3 is 4.74 Å². The summed E-state index contributed by atoms with van der Waals surface area (Å²) in [7, 11) is 2.56. The molecule has 0 aliphatic carbocycles. The molecule has 2 nitrogen and oxygen atoms in total. The molecule has 100 valence electrons. The molecule has 18 heavy (non-hydrogen) atoms. The molecule has 2 unspecified atom stereocenters.